The number of nitrogens with zero attached hydrogens (tertiary/aromatic N) is 3. The van der Waals surface area contributed by atoms with Gasteiger partial charge >= 0.3 is 6.09 Å². The predicted octanol–water partition coefficient (Wildman–Crippen LogP) is 2.50. The Hall–Kier alpha value is -1.63. The second-order valence-corrected chi connectivity index (χ2v) is 7.23. The molecule has 7 heteroatoms. The molecule has 1 fully saturated rings. The standard InChI is InChI=1S/C16H28N4O3/c1-11(17-9-14-18-12(2)23-19-14)13-7-6-8-20(10-13)15(21)22-16(3,4)5/h11,13,17H,6-10H2,1-5H3. The maximum atomic E-state index is 12.2. The fraction of sp³-hybridized carbons (Fsp3) is 0.812. The third-order valence-corrected chi connectivity index (χ3v) is 3.97. The van der Waals surface area contributed by atoms with Crippen molar-refractivity contribution in [3.8, 4) is 0 Å². The first-order valence-corrected chi connectivity index (χ1v) is 8.25. The average molecular weight is 324 g/mol. The van der Waals surface area contributed by atoms with E-state index in [1.165, 1.54) is 0 Å². The minimum absolute atomic E-state index is 0.219. The first kappa shape index (κ1) is 17.7. The van der Waals surface area contributed by atoms with E-state index in [0.29, 0.717) is 30.7 Å². The number of likely N-dealkylation sites (tertiary alicyclic amines) is 1. The van der Waals surface area contributed by atoms with Crippen LogP contribution in [-0.4, -0.2) is 45.9 Å². The number of aryl methyl sites for hydroxylation is 1. The number of hydrogen-bond acceptors (Lipinski definition) is 6. The first-order valence-electron chi connectivity index (χ1n) is 8.25. The van der Waals surface area contributed by atoms with Gasteiger partial charge in [-0.25, -0.2) is 4.79 Å². The maximum absolute atomic E-state index is 12.2. The quantitative estimate of drug-likeness (QED) is 0.916. The van der Waals surface area contributed by atoms with Gasteiger partial charge in [-0.1, -0.05) is 5.16 Å². The molecule has 1 amide bonds. The molecular weight excluding hydrogens is 296 g/mol. The van der Waals surface area contributed by atoms with Crippen LogP contribution in [-0.2, 0) is 11.3 Å². The summed E-state index contributed by atoms with van der Waals surface area (Å²) in [6.45, 7) is 11.6. The van der Waals surface area contributed by atoms with Crippen LogP contribution < -0.4 is 5.32 Å². The number of nitrogens with one attached hydrogen (secondary N) is 1. The second kappa shape index (κ2) is 7.29. The smallest absolute Gasteiger partial charge is 0.410 e. The van der Waals surface area contributed by atoms with Gasteiger partial charge in [0.25, 0.3) is 0 Å². The van der Waals surface area contributed by atoms with Crippen LogP contribution in [0.3, 0.4) is 0 Å². The van der Waals surface area contributed by atoms with Crippen LogP contribution in [0.5, 0.6) is 0 Å². The van der Waals surface area contributed by atoms with Crippen molar-refractivity contribution >= 4 is 6.09 Å². The lowest BCUT2D eigenvalue weighted by Gasteiger charge is -2.36. The molecule has 130 valence electrons. The second-order valence-electron chi connectivity index (χ2n) is 7.23. The van der Waals surface area contributed by atoms with Gasteiger partial charge < -0.3 is 19.5 Å². The monoisotopic (exact) mass is 324 g/mol. The van der Waals surface area contributed by atoms with Gasteiger partial charge in [-0.15, -0.1) is 0 Å². The van der Waals surface area contributed by atoms with Crippen LogP contribution in [0.15, 0.2) is 4.52 Å². The molecule has 2 heterocycles. The average Bonchev–Trinajstić information content (AvgIpc) is 2.89. The largest absolute Gasteiger partial charge is 0.444 e. The van der Waals surface area contributed by atoms with Crippen LogP contribution in [0.2, 0.25) is 0 Å². The summed E-state index contributed by atoms with van der Waals surface area (Å²) in [6, 6.07) is 0.263. The first-order chi connectivity index (χ1) is 10.7. The molecule has 0 radical (unpaired) electrons. The lowest BCUT2D eigenvalue weighted by molar-refractivity contribution is 0.0148. The zero-order valence-corrected chi connectivity index (χ0v) is 14.8. The van der Waals surface area contributed by atoms with Gasteiger partial charge in [0.15, 0.2) is 5.82 Å². The zero-order chi connectivity index (χ0) is 17.0. The van der Waals surface area contributed by atoms with E-state index in [1.54, 1.807) is 6.92 Å². The van der Waals surface area contributed by atoms with E-state index in [4.69, 9.17) is 9.26 Å². The third kappa shape index (κ3) is 5.49. The van der Waals surface area contributed by atoms with E-state index in [0.717, 1.165) is 19.4 Å². The van der Waals surface area contributed by atoms with E-state index >= 15 is 0 Å². The molecule has 1 saturated heterocycles. The van der Waals surface area contributed by atoms with E-state index < -0.39 is 5.60 Å². The summed E-state index contributed by atoms with van der Waals surface area (Å²) in [5.74, 6) is 1.63. The Kier molecular flexibility index (Phi) is 5.62. The van der Waals surface area contributed by atoms with Crippen LogP contribution in [0.4, 0.5) is 4.79 Å². The predicted molar refractivity (Wildman–Crippen MR) is 85.9 cm³/mol. The topological polar surface area (TPSA) is 80.5 Å². The van der Waals surface area contributed by atoms with Crippen LogP contribution in [0.1, 0.15) is 52.3 Å². The summed E-state index contributed by atoms with van der Waals surface area (Å²) in [5.41, 5.74) is -0.454. The van der Waals surface area contributed by atoms with Crippen molar-refractivity contribution in [2.24, 2.45) is 5.92 Å². The van der Waals surface area contributed by atoms with Crippen molar-refractivity contribution in [3.05, 3.63) is 11.7 Å². The number of aromatic nitrogens is 2. The Balaban J connectivity index is 1.83. The number of rotatable bonds is 4. The van der Waals surface area contributed by atoms with E-state index in [-0.39, 0.29) is 12.1 Å². The number of piperidine rings is 1. The molecule has 1 aromatic rings. The fourth-order valence-corrected chi connectivity index (χ4v) is 2.74. The van der Waals surface area contributed by atoms with Crippen LogP contribution >= 0.6 is 0 Å². The summed E-state index contributed by atoms with van der Waals surface area (Å²) < 4.78 is 10.4. The van der Waals surface area contributed by atoms with Crippen molar-refractivity contribution in [2.75, 3.05) is 13.1 Å². The van der Waals surface area contributed by atoms with E-state index in [9.17, 15) is 4.79 Å². The molecule has 2 atom stereocenters. The summed E-state index contributed by atoms with van der Waals surface area (Å²) in [4.78, 5) is 18.2. The van der Waals surface area contributed by atoms with Crippen molar-refractivity contribution in [1.82, 2.24) is 20.4 Å². The molecule has 23 heavy (non-hydrogen) atoms. The zero-order valence-electron chi connectivity index (χ0n) is 14.8. The van der Waals surface area contributed by atoms with Gasteiger partial charge in [0.2, 0.25) is 5.89 Å². The van der Waals surface area contributed by atoms with Gasteiger partial charge in [0.05, 0.1) is 6.54 Å². The molecular formula is C16H28N4O3. The lowest BCUT2D eigenvalue weighted by atomic mass is 9.92. The number of carbonyl (C=O) groups excluding carboxylic acids is 1. The molecule has 1 aliphatic rings. The Morgan fingerprint density at radius 2 is 2.26 bits per heavy atom. The molecule has 2 rings (SSSR count). The third-order valence-electron chi connectivity index (χ3n) is 3.97. The molecule has 0 aliphatic carbocycles. The molecule has 7 nitrogen and oxygen atoms in total. The maximum Gasteiger partial charge on any atom is 0.410 e. The Morgan fingerprint density at radius 3 is 2.87 bits per heavy atom. The van der Waals surface area contributed by atoms with Gasteiger partial charge in [0, 0.05) is 26.1 Å². The minimum atomic E-state index is -0.454. The normalized spacial score (nSPS) is 20.4. The number of carbonyl (C=O) groups is 1. The van der Waals surface area contributed by atoms with Crippen molar-refractivity contribution < 1.29 is 14.1 Å². The highest BCUT2D eigenvalue weighted by Gasteiger charge is 2.30. The SMILES string of the molecule is Cc1nc(CNC(C)C2CCCN(C(=O)OC(C)(C)C)C2)no1. The molecule has 0 aromatic carbocycles. The molecule has 1 N–H and O–H groups in total. The Labute approximate surface area is 137 Å². The number of amides is 1. The van der Waals surface area contributed by atoms with Gasteiger partial charge in [-0.2, -0.15) is 4.98 Å². The molecule has 0 saturated carbocycles. The highest BCUT2D eigenvalue weighted by atomic mass is 16.6. The van der Waals surface area contributed by atoms with Crippen LogP contribution in [0.25, 0.3) is 0 Å². The van der Waals surface area contributed by atoms with Gasteiger partial charge in [0.1, 0.15) is 5.60 Å². The van der Waals surface area contributed by atoms with Crippen LogP contribution in [0, 0.1) is 12.8 Å². The molecule has 1 aromatic heterocycles. The lowest BCUT2D eigenvalue weighted by Crippen LogP contribution is -2.47. The summed E-state index contributed by atoms with van der Waals surface area (Å²) in [6.07, 6.45) is 1.87. The highest BCUT2D eigenvalue weighted by Crippen LogP contribution is 2.22. The summed E-state index contributed by atoms with van der Waals surface area (Å²) >= 11 is 0. The minimum Gasteiger partial charge on any atom is -0.444 e. The van der Waals surface area contributed by atoms with Crippen molar-refractivity contribution in [1.29, 1.82) is 0 Å². The molecule has 0 spiro atoms. The number of hydrogen-bond donors (Lipinski definition) is 1. The molecule has 0 bridgehead atoms. The van der Waals surface area contributed by atoms with Crippen molar-refractivity contribution in [2.45, 2.75) is 65.6 Å². The van der Waals surface area contributed by atoms with Crippen molar-refractivity contribution in [3.63, 3.8) is 0 Å². The Bertz CT molecular complexity index is 524. The van der Waals surface area contributed by atoms with E-state index in [2.05, 4.69) is 22.4 Å². The molecule has 2 unspecified atom stereocenters. The molecule has 1 aliphatic heterocycles. The summed E-state index contributed by atoms with van der Waals surface area (Å²) in [7, 11) is 0. The highest BCUT2D eigenvalue weighted by molar-refractivity contribution is 5.68. The van der Waals surface area contributed by atoms with Gasteiger partial charge in [-0.3, -0.25) is 0 Å². The number of ether oxygens (including phenoxy) is 1. The fourth-order valence-electron chi connectivity index (χ4n) is 2.74. The van der Waals surface area contributed by atoms with E-state index in [1.807, 2.05) is 25.7 Å². The summed E-state index contributed by atoms with van der Waals surface area (Å²) in [5, 5.41) is 7.31. The van der Waals surface area contributed by atoms with Gasteiger partial charge in [-0.05, 0) is 46.5 Å². The Morgan fingerprint density at radius 1 is 1.52 bits per heavy atom.